The number of methoxy groups -OCH3 is 1. The van der Waals surface area contributed by atoms with Crippen LogP contribution < -0.4 is 4.74 Å². The third-order valence-electron chi connectivity index (χ3n) is 3.48. The lowest BCUT2D eigenvalue weighted by Gasteiger charge is -2.30. The molecule has 1 saturated carbocycles. The van der Waals surface area contributed by atoms with E-state index in [1.165, 1.54) is 0 Å². The van der Waals surface area contributed by atoms with Crippen molar-refractivity contribution in [2.45, 2.75) is 45.0 Å². The van der Waals surface area contributed by atoms with Gasteiger partial charge in [0.2, 0.25) is 0 Å². The van der Waals surface area contributed by atoms with Crippen LogP contribution in [0.5, 0.6) is 5.75 Å². The Morgan fingerprint density at radius 2 is 1.86 bits per heavy atom. The summed E-state index contributed by atoms with van der Waals surface area (Å²) in [6.07, 6.45) is 4.36. The van der Waals surface area contributed by atoms with E-state index in [0.717, 1.165) is 29.7 Å². The van der Waals surface area contributed by atoms with Gasteiger partial charge in [-0.15, -0.1) is 0 Å². The highest BCUT2D eigenvalue weighted by atomic mass is 28.4. The van der Waals surface area contributed by atoms with Crippen LogP contribution in [-0.2, 0) is 9.22 Å². The van der Waals surface area contributed by atoms with Crippen molar-refractivity contribution in [3.63, 3.8) is 0 Å². The molecule has 114 valence electrons. The van der Waals surface area contributed by atoms with Gasteiger partial charge < -0.3 is 9.16 Å². The molecule has 2 rings (SSSR count). The van der Waals surface area contributed by atoms with Gasteiger partial charge in [-0.3, -0.25) is 4.79 Å². The maximum absolute atomic E-state index is 12.1. The number of Topliss-reactive ketones (excluding diaryl/α,β-unsaturated/α-hetero) is 1. The summed E-state index contributed by atoms with van der Waals surface area (Å²) in [5, 5.41) is 0. The lowest BCUT2D eigenvalue weighted by Crippen LogP contribution is -2.35. The van der Waals surface area contributed by atoms with Gasteiger partial charge in [0.25, 0.3) is 0 Å². The molecule has 0 radical (unpaired) electrons. The highest BCUT2D eigenvalue weighted by Crippen LogP contribution is 2.27. The summed E-state index contributed by atoms with van der Waals surface area (Å²) in [4.78, 5) is 12.1. The smallest absolute Gasteiger partial charge is 0.184 e. The van der Waals surface area contributed by atoms with Gasteiger partial charge in [-0.05, 0) is 55.4 Å². The van der Waals surface area contributed by atoms with E-state index in [9.17, 15) is 4.79 Å². The number of carbonyl (C=O) groups excluding carboxylic acids is 1. The molecule has 0 amide bonds. The SMILES string of the molecule is COc1ccc(/C=C2/CC(O[Si](C)(C)C)CCC2=O)cc1. The van der Waals surface area contributed by atoms with Crippen LogP contribution in [0, 0.1) is 0 Å². The molecular weight excluding hydrogens is 280 g/mol. The molecule has 1 unspecified atom stereocenters. The first kappa shape index (κ1) is 16.0. The summed E-state index contributed by atoms with van der Waals surface area (Å²) in [5.41, 5.74) is 1.92. The van der Waals surface area contributed by atoms with Gasteiger partial charge in [0, 0.05) is 18.9 Å². The second-order valence-electron chi connectivity index (χ2n) is 6.46. The monoisotopic (exact) mass is 304 g/mol. The van der Waals surface area contributed by atoms with Crippen molar-refractivity contribution in [1.29, 1.82) is 0 Å². The van der Waals surface area contributed by atoms with E-state index < -0.39 is 8.32 Å². The highest BCUT2D eigenvalue weighted by molar-refractivity contribution is 6.69. The first-order valence-electron chi connectivity index (χ1n) is 7.43. The van der Waals surface area contributed by atoms with Gasteiger partial charge >= 0.3 is 0 Å². The number of ether oxygens (including phenoxy) is 1. The maximum Gasteiger partial charge on any atom is 0.184 e. The summed E-state index contributed by atoms with van der Waals surface area (Å²) in [6.45, 7) is 6.57. The largest absolute Gasteiger partial charge is 0.497 e. The number of carbonyl (C=O) groups is 1. The Hall–Kier alpha value is -1.39. The van der Waals surface area contributed by atoms with Crippen LogP contribution >= 0.6 is 0 Å². The van der Waals surface area contributed by atoms with Crippen LogP contribution in [0.1, 0.15) is 24.8 Å². The Bertz CT molecular complexity index is 526. The normalized spacial score (nSPS) is 21.6. The summed E-state index contributed by atoms with van der Waals surface area (Å²) < 4.78 is 11.3. The van der Waals surface area contributed by atoms with E-state index in [1.807, 2.05) is 30.3 Å². The van der Waals surface area contributed by atoms with Gasteiger partial charge in [-0.1, -0.05) is 12.1 Å². The summed E-state index contributed by atoms with van der Waals surface area (Å²) >= 11 is 0. The molecule has 0 bridgehead atoms. The average molecular weight is 304 g/mol. The third kappa shape index (κ3) is 4.83. The Labute approximate surface area is 128 Å². The predicted octanol–water partition coefficient (Wildman–Crippen LogP) is 4.05. The summed E-state index contributed by atoms with van der Waals surface area (Å²) in [7, 11) is 0.0935. The number of ketones is 1. The average Bonchev–Trinajstić information content (AvgIpc) is 2.42. The molecule has 1 aliphatic carbocycles. The summed E-state index contributed by atoms with van der Waals surface area (Å²) in [6, 6.07) is 7.77. The van der Waals surface area contributed by atoms with Crippen LogP contribution in [0.25, 0.3) is 6.08 Å². The van der Waals surface area contributed by atoms with E-state index in [4.69, 9.17) is 9.16 Å². The first-order chi connectivity index (χ1) is 9.87. The quantitative estimate of drug-likeness (QED) is 0.622. The number of hydrogen-bond donors (Lipinski definition) is 0. The Kier molecular flexibility index (Phi) is 5.01. The lowest BCUT2D eigenvalue weighted by atomic mass is 9.90. The van der Waals surface area contributed by atoms with Crippen LogP contribution in [0.3, 0.4) is 0 Å². The zero-order valence-electron chi connectivity index (χ0n) is 13.3. The molecule has 0 spiro atoms. The lowest BCUT2D eigenvalue weighted by molar-refractivity contribution is -0.117. The van der Waals surface area contributed by atoms with Gasteiger partial charge in [0.05, 0.1) is 7.11 Å². The van der Waals surface area contributed by atoms with E-state index in [1.54, 1.807) is 7.11 Å². The van der Waals surface area contributed by atoms with Crippen molar-refractivity contribution in [1.82, 2.24) is 0 Å². The minimum Gasteiger partial charge on any atom is -0.497 e. The fourth-order valence-electron chi connectivity index (χ4n) is 2.56. The van der Waals surface area contributed by atoms with Gasteiger partial charge in [0.1, 0.15) is 5.75 Å². The van der Waals surface area contributed by atoms with Gasteiger partial charge in [-0.2, -0.15) is 0 Å². The molecule has 1 fully saturated rings. The second kappa shape index (κ2) is 6.58. The molecule has 0 aliphatic heterocycles. The maximum atomic E-state index is 12.1. The second-order valence-corrected chi connectivity index (χ2v) is 10.9. The van der Waals surface area contributed by atoms with Gasteiger partial charge in [0.15, 0.2) is 14.1 Å². The van der Waals surface area contributed by atoms with E-state index in [-0.39, 0.29) is 11.9 Å². The Balaban J connectivity index is 2.11. The molecule has 1 aromatic carbocycles. The molecule has 0 aromatic heterocycles. The van der Waals surface area contributed by atoms with E-state index >= 15 is 0 Å². The first-order valence-corrected chi connectivity index (χ1v) is 10.8. The van der Waals surface area contributed by atoms with Crippen molar-refractivity contribution in [3.05, 3.63) is 35.4 Å². The number of rotatable bonds is 4. The predicted molar refractivity (Wildman–Crippen MR) is 88.0 cm³/mol. The molecule has 0 saturated heterocycles. The minimum absolute atomic E-state index is 0.193. The standard InChI is InChI=1S/C17H24O3Si/c1-19-15-7-5-13(6-8-15)11-14-12-16(9-10-17(14)18)20-21(2,3)4/h5-8,11,16H,9-10,12H2,1-4H3/b14-11-. The fourth-order valence-corrected chi connectivity index (χ4v) is 3.76. The molecule has 1 aliphatic rings. The molecule has 21 heavy (non-hydrogen) atoms. The van der Waals surface area contributed by atoms with Crippen LogP contribution in [0.4, 0.5) is 0 Å². The zero-order valence-corrected chi connectivity index (χ0v) is 14.3. The van der Waals surface area contributed by atoms with Crippen molar-refractivity contribution in [2.24, 2.45) is 0 Å². The van der Waals surface area contributed by atoms with Crippen molar-refractivity contribution in [3.8, 4) is 5.75 Å². The molecule has 0 heterocycles. The molecule has 0 N–H and O–H groups in total. The third-order valence-corrected chi connectivity index (χ3v) is 4.52. The molecule has 1 aromatic rings. The number of hydrogen-bond acceptors (Lipinski definition) is 3. The van der Waals surface area contributed by atoms with E-state index in [2.05, 4.69) is 19.6 Å². The van der Waals surface area contributed by atoms with Crippen molar-refractivity contribution >= 4 is 20.2 Å². The molecule has 1 atom stereocenters. The van der Waals surface area contributed by atoms with Crippen LogP contribution in [-0.4, -0.2) is 27.3 Å². The van der Waals surface area contributed by atoms with Crippen molar-refractivity contribution in [2.75, 3.05) is 7.11 Å². The topological polar surface area (TPSA) is 35.5 Å². The van der Waals surface area contributed by atoms with Crippen LogP contribution in [0.2, 0.25) is 19.6 Å². The van der Waals surface area contributed by atoms with Gasteiger partial charge in [-0.25, -0.2) is 0 Å². The summed E-state index contributed by atoms with van der Waals surface area (Å²) in [5.74, 6) is 1.08. The van der Waals surface area contributed by atoms with Crippen LogP contribution in [0.15, 0.2) is 29.8 Å². The Morgan fingerprint density at radius 1 is 1.19 bits per heavy atom. The number of benzene rings is 1. The zero-order chi connectivity index (χ0) is 15.5. The van der Waals surface area contributed by atoms with E-state index in [0.29, 0.717) is 6.42 Å². The fraction of sp³-hybridized carbons (Fsp3) is 0.471. The molecule has 4 heteroatoms. The molecular formula is C17H24O3Si. The van der Waals surface area contributed by atoms with Crippen molar-refractivity contribution < 1.29 is 14.0 Å². The highest BCUT2D eigenvalue weighted by Gasteiger charge is 2.28. The molecule has 3 nitrogen and oxygen atoms in total. The Morgan fingerprint density at radius 3 is 2.43 bits per heavy atom. The minimum atomic E-state index is -1.56.